The van der Waals surface area contributed by atoms with Crippen LogP contribution in [0.4, 0.5) is 8.78 Å². The van der Waals surface area contributed by atoms with Gasteiger partial charge in [0.05, 0.1) is 5.69 Å². The number of halogens is 2. The molecule has 1 aliphatic rings. The second-order valence-corrected chi connectivity index (χ2v) is 5.87. The van der Waals surface area contributed by atoms with Gasteiger partial charge in [-0.1, -0.05) is 18.2 Å². The summed E-state index contributed by atoms with van der Waals surface area (Å²) in [4.78, 5) is 14.2. The number of amides is 1. The van der Waals surface area contributed by atoms with Crippen LogP contribution in [0.1, 0.15) is 17.7 Å². The molecule has 1 aromatic carbocycles. The van der Waals surface area contributed by atoms with Gasteiger partial charge in [-0.3, -0.25) is 9.48 Å². The molecule has 5 nitrogen and oxygen atoms in total. The van der Waals surface area contributed by atoms with Gasteiger partial charge in [0.15, 0.2) is 0 Å². The van der Waals surface area contributed by atoms with Crippen LogP contribution in [0.25, 0.3) is 5.57 Å². The number of carbonyl (C=O) groups is 1. The zero-order valence-electron chi connectivity index (χ0n) is 13.9. The highest BCUT2D eigenvalue weighted by Crippen LogP contribution is 2.22. The molecule has 0 radical (unpaired) electrons. The first-order valence-corrected chi connectivity index (χ1v) is 8.02. The third-order valence-electron chi connectivity index (χ3n) is 4.17. The minimum Gasteiger partial charge on any atom is -0.435 e. The zero-order chi connectivity index (χ0) is 17.8. The van der Waals surface area contributed by atoms with Crippen LogP contribution in [0.3, 0.4) is 0 Å². The molecule has 0 spiro atoms. The molecule has 25 heavy (non-hydrogen) atoms. The molecule has 0 fully saturated rings. The lowest BCUT2D eigenvalue weighted by Gasteiger charge is -2.16. The Morgan fingerprint density at radius 3 is 2.92 bits per heavy atom. The highest BCUT2D eigenvalue weighted by molar-refractivity contribution is 5.81. The van der Waals surface area contributed by atoms with Crippen LogP contribution in [0.15, 0.2) is 42.6 Å². The molecule has 1 amide bonds. The molecule has 0 unspecified atom stereocenters. The summed E-state index contributed by atoms with van der Waals surface area (Å²) < 4.78 is 30.7. The maximum absolute atomic E-state index is 12.4. The van der Waals surface area contributed by atoms with E-state index in [1.807, 2.05) is 19.2 Å². The number of hydrogen-bond donors (Lipinski definition) is 0. The molecule has 0 N–H and O–H groups in total. The average Bonchev–Trinajstić information content (AvgIpc) is 3.21. The Balaban J connectivity index is 1.53. The molecule has 2 heterocycles. The summed E-state index contributed by atoms with van der Waals surface area (Å²) in [7, 11) is 1.87. The Hall–Kier alpha value is -2.70. The minimum atomic E-state index is -2.85. The van der Waals surface area contributed by atoms with Crippen molar-refractivity contribution in [2.75, 3.05) is 13.1 Å². The molecule has 2 aromatic rings. The highest BCUT2D eigenvalue weighted by atomic mass is 19.3. The van der Waals surface area contributed by atoms with Gasteiger partial charge >= 0.3 is 6.61 Å². The maximum atomic E-state index is 12.4. The summed E-state index contributed by atoms with van der Waals surface area (Å²) in [6, 6.07) is 8.39. The van der Waals surface area contributed by atoms with Gasteiger partial charge in [0, 0.05) is 32.8 Å². The number of benzene rings is 1. The number of hydrogen-bond acceptors (Lipinski definition) is 3. The summed E-state index contributed by atoms with van der Waals surface area (Å²) >= 11 is 0. The fraction of sp³-hybridized carbons (Fsp3) is 0.333. The van der Waals surface area contributed by atoms with E-state index < -0.39 is 6.61 Å². The monoisotopic (exact) mass is 347 g/mol. The number of alkyl halides is 2. The Bertz CT molecular complexity index is 786. The summed E-state index contributed by atoms with van der Waals surface area (Å²) in [5, 5.41) is 4.14. The topological polar surface area (TPSA) is 47.4 Å². The Morgan fingerprint density at radius 1 is 1.36 bits per heavy atom. The van der Waals surface area contributed by atoms with E-state index in [0.717, 1.165) is 16.8 Å². The summed E-state index contributed by atoms with van der Waals surface area (Å²) in [6.07, 6.45) is 4.57. The van der Waals surface area contributed by atoms with Crippen molar-refractivity contribution in [3.8, 4) is 5.75 Å². The van der Waals surface area contributed by atoms with Gasteiger partial charge in [-0.05, 0) is 35.8 Å². The number of nitrogens with zero attached hydrogens (tertiary/aromatic N) is 3. The molecule has 3 rings (SSSR count). The molecule has 0 saturated heterocycles. The van der Waals surface area contributed by atoms with Crippen molar-refractivity contribution in [2.45, 2.75) is 19.5 Å². The standard InChI is InChI=1S/C18H19F2N3O2/c1-22-16(7-9-21-22)14-8-10-23(12-14)17(24)6-5-13-3-2-4-15(11-13)25-18(19)20/h2-4,7-9,11,18H,5-6,10,12H2,1H3. The maximum Gasteiger partial charge on any atom is 0.387 e. The Morgan fingerprint density at radius 2 is 2.20 bits per heavy atom. The molecule has 0 atom stereocenters. The Kier molecular flexibility index (Phi) is 5.11. The van der Waals surface area contributed by atoms with Gasteiger partial charge < -0.3 is 9.64 Å². The van der Waals surface area contributed by atoms with E-state index in [0.29, 0.717) is 25.9 Å². The lowest BCUT2D eigenvalue weighted by atomic mass is 10.1. The van der Waals surface area contributed by atoms with E-state index in [1.165, 1.54) is 6.07 Å². The molecule has 0 saturated carbocycles. The molecular formula is C18H19F2N3O2. The third-order valence-corrected chi connectivity index (χ3v) is 4.17. The fourth-order valence-electron chi connectivity index (χ4n) is 2.91. The first-order valence-electron chi connectivity index (χ1n) is 8.02. The summed E-state index contributed by atoms with van der Waals surface area (Å²) in [5.41, 5.74) is 2.89. The lowest BCUT2D eigenvalue weighted by Crippen LogP contribution is -2.29. The van der Waals surface area contributed by atoms with E-state index >= 15 is 0 Å². The van der Waals surface area contributed by atoms with E-state index in [1.54, 1.807) is 34.0 Å². The first-order chi connectivity index (χ1) is 12.0. The van der Waals surface area contributed by atoms with Gasteiger partial charge in [-0.2, -0.15) is 13.9 Å². The molecule has 7 heteroatoms. The molecule has 1 aromatic heterocycles. The first kappa shape index (κ1) is 17.1. The highest BCUT2D eigenvalue weighted by Gasteiger charge is 2.21. The van der Waals surface area contributed by atoms with Gasteiger partial charge in [0.25, 0.3) is 0 Å². The van der Waals surface area contributed by atoms with Gasteiger partial charge in [0.2, 0.25) is 5.91 Å². The van der Waals surface area contributed by atoms with E-state index in [2.05, 4.69) is 9.84 Å². The smallest absolute Gasteiger partial charge is 0.387 e. The number of aryl methyl sites for hydroxylation is 2. The lowest BCUT2D eigenvalue weighted by molar-refractivity contribution is -0.129. The fourth-order valence-corrected chi connectivity index (χ4v) is 2.91. The van der Waals surface area contributed by atoms with E-state index in [-0.39, 0.29) is 11.7 Å². The average molecular weight is 347 g/mol. The number of aromatic nitrogens is 2. The van der Waals surface area contributed by atoms with E-state index in [4.69, 9.17) is 0 Å². The molecule has 132 valence electrons. The summed E-state index contributed by atoms with van der Waals surface area (Å²) in [6.45, 7) is -1.71. The van der Waals surface area contributed by atoms with Crippen molar-refractivity contribution in [3.05, 3.63) is 53.9 Å². The third kappa shape index (κ3) is 4.23. The number of rotatable bonds is 6. The second kappa shape index (κ2) is 7.46. The Labute approximate surface area is 144 Å². The normalized spacial score (nSPS) is 14.1. The van der Waals surface area contributed by atoms with Crippen LogP contribution >= 0.6 is 0 Å². The van der Waals surface area contributed by atoms with E-state index in [9.17, 15) is 13.6 Å². The predicted octanol–water partition coefficient (Wildman–Crippen LogP) is 2.88. The predicted molar refractivity (Wildman–Crippen MR) is 89.2 cm³/mol. The van der Waals surface area contributed by atoms with Crippen LogP contribution in [0, 0.1) is 0 Å². The molecule has 1 aliphatic heterocycles. The van der Waals surface area contributed by atoms with Crippen molar-refractivity contribution >= 4 is 11.5 Å². The molecule has 0 aliphatic carbocycles. The van der Waals surface area contributed by atoms with Gasteiger partial charge in [-0.25, -0.2) is 0 Å². The van der Waals surface area contributed by atoms with Crippen LogP contribution < -0.4 is 4.74 Å². The zero-order valence-corrected chi connectivity index (χ0v) is 13.9. The van der Waals surface area contributed by atoms with Crippen LogP contribution in [0.2, 0.25) is 0 Å². The van der Waals surface area contributed by atoms with Crippen LogP contribution in [-0.4, -0.2) is 40.3 Å². The SMILES string of the molecule is Cn1nccc1C1=CCN(C(=O)CCc2cccc(OC(F)F)c2)C1. The van der Waals surface area contributed by atoms with Gasteiger partial charge in [0.1, 0.15) is 5.75 Å². The van der Waals surface area contributed by atoms with Crippen molar-refractivity contribution in [1.29, 1.82) is 0 Å². The van der Waals surface area contributed by atoms with Crippen LogP contribution in [0.5, 0.6) is 5.75 Å². The largest absolute Gasteiger partial charge is 0.435 e. The number of carbonyl (C=O) groups excluding carboxylic acids is 1. The van der Waals surface area contributed by atoms with Gasteiger partial charge in [-0.15, -0.1) is 0 Å². The van der Waals surface area contributed by atoms with Crippen molar-refractivity contribution in [2.24, 2.45) is 7.05 Å². The molecular weight excluding hydrogens is 328 g/mol. The quantitative estimate of drug-likeness (QED) is 0.807. The van der Waals surface area contributed by atoms with Crippen molar-refractivity contribution < 1.29 is 18.3 Å². The van der Waals surface area contributed by atoms with Crippen molar-refractivity contribution in [1.82, 2.24) is 14.7 Å². The number of ether oxygens (including phenoxy) is 1. The molecule has 0 bridgehead atoms. The summed E-state index contributed by atoms with van der Waals surface area (Å²) in [5.74, 6) is 0.148. The minimum absolute atomic E-state index is 0.0357. The van der Waals surface area contributed by atoms with Crippen molar-refractivity contribution in [3.63, 3.8) is 0 Å². The van der Waals surface area contributed by atoms with Crippen LogP contribution in [-0.2, 0) is 18.3 Å². The second-order valence-electron chi connectivity index (χ2n) is 5.87.